The first-order valence-electron chi connectivity index (χ1n) is 7.75. The first-order chi connectivity index (χ1) is 11.0. The third kappa shape index (κ3) is 2.46. The van der Waals surface area contributed by atoms with Gasteiger partial charge in [-0.2, -0.15) is 0 Å². The van der Waals surface area contributed by atoms with Crippen molar-refractivity contribution in [3.63, 3.8) is 0 Å². The van der Waals surface area contributed by atoms with Crippen LogP contribution in [0.15, 0.2) is 42.5 Å². The third-order valence-electron chi connectivity index (χ3n) is 4.77. The minimum atomic E-state index is -1.14. The number of methoxy groups -OCH3 is 1. The van der Waals surface area contributed by atoms with Crippen LogP contribution in [0.5, 0.6) is 0 Å². The topological polar surface area (TPSA) is 43.4 Å². The molecule has 0 N–H and O–H groups in total. The first-order valence-corrected chi connectivity index (χ1v) is 7.75. The molecular weight excluding hydrogens is 288 g/mol. The highest BCUT2D eigenvalue weighted by Crippen LogP contribution is 2.42. The van der Waals surface area contributed by atoms with Crippen LogP contribution in [0.25, 0.3) is 0 Å². The molecule has 0 fully saturated rings. The van der Waals surface area contributed by atoms with E-state index in [4.69, 9.17) is 4.74 Å². The molecule has 3 heteroatoms. The number of hydrogen-bond acceptors (Lipinski definition) is 3. The van der Waals surface area contributed by atoms with Crippen molar-refractivity contribution >= 4 is 11.8 Å². The number of ketones is 1. The molecule has 0 saturated carbocycles. The van der Waals surface area contributed by atoms with Crippen molar-refractivity contribution in [2.24, 2.45) is 5.41 Å². The normalized spacial score (nSPS) is 19.5. The Morgan fingerprint density at radius 2 is 1.83 bits per heavy atom. The second kappa shape index (κ2) is 5.65. The maximum absolute atomic E-state index is 13.0. The molecule has 3 nitrogen and oxygen atoms in total. The summed E-state index contributed by atoms with van der Waals surface area (Å²) in [5.74, 6) is -0.567. The Bertz CT molecular complexity index is 774. The Hall–Kier alpha value is -2.42. The number of Topliss-reactive ketones (excluding diaryl/α,β-unsaturated/α-hetero) is 1. The molecule has 3 rings (SSSR count). The summed E-state index contributed by atoms with van der Waals surface area (Å²) in [5, 5.41) is 0. The van der Waals surface area contributed by atoms with E-state index in [-0.39, 0.29) is 5.78 Å². The Labute approximate surface area is 136 Å². The second-order valence-corrected chi connectivity index (χ2v) is 6.34. The molecule has 0 heterocycles. The molecule has 23 heavy (non-hydrogen) atoms. The van der Waals surface area contributed by atoms with Crippen molar-refractivity contribution in [2.75, 3.05) is 7.11 Å². The molecule has 0 amide bonds. The lowest BCUT2D eigenvalue weighted by molar-refractivity contribution is -0.149. The summed E-state index contributed by atoms with van der Waals surface area (Å²) in [7, 11) is 1.35. The SMILES string of the molecule is COC(=O)[C@@]1(Cc2ccc(C)cc2)Cc2c(C)cccc2C1=O. The van der Waals surface area contributed by atoms with Crippen molar-refractivity contribution in [3.05, 3.63) is 70.3 Å². The van der Waals surface area contributed by atoms with E-state index >= 15 is 0 Å². The van der Waals surface area contributed by atoms with E-state index in [1.807, 2.05) is 56.3 Å². The number of fused-ring (bicyclic) bond motifs is 1. The van der Waals surface area contributed by atoms with Crippen LogP contribution < -0.4 is 0 Å². The molecular formula is C20H20O3. The van der Waals surface area contributed by atoms with Gasteiger partial charge in [-0.3, -0.25) is 9.59 Å². The number of carbonyl (C=O) groups excluding carboxylic acids is 2. The van der Waals surface area contributed by atoms with Crippen molar-refractivity contribution in [1.29, 1.82) is 0 Å². The maximum atomic E-state index is 13.0. The van der Waals surface area contributed by atoms with E-state index in [1.54, 1.807) is 0 Å². The standard InChI is InChI=1S/C20H20O3/c1-13-7-9-15(10-8-13)11-20(19(22)23-3)12-17-14(2)5-4-6-16(17)18(20)21/h4-10H,11-12H2,1-3H3/t20-/m0/s1. The molecule has 0 saturated heterocycles. The van der Waals surface area contributed by atoms with E-state index < -0.39 is 11.4 Å². The third-order valence-corrected chi connectivity index (χ3v) is 4.77. The summed E-state index contributed by atoms with van der Waals surface area (Å²) in [5.41, 5.74) is 3.65. The van der Waals surface area contributed by atoms with Gasteiger partial charge in [0, 0.05) is 5.56 Å². The minimum Gasteiger partial charge on any atom is -0.468 e. The van der Waals surface area contributed by atoms with Crippen LogP contribution in [-0.2, 0) is 22.4 Å². The molecule has 1 aliphatic carbocycles. The lowest BCUT2D eigenvalue weighted by Gasteiger charge is -2.24. The predicted octanol–water partition coefficient (Wildman–Crippen LogP) is 3.44. The van der Waals surface area contributed by atoms with Crippen molar-refractivity contribution in [2.45, 2.75) is 26.7 Å². The van der Waals surface area contributed by atoms with Crippen LogP contribution >= 0.6 is 0 Å². The molecule has 2 aromatic rings. The fourth-order valence-electron chi connectivity index (χ4n) is 3.42. The number of ether oxygens (including phenoxy) is 1. The van der Waals surface area contributed by atoms with Crippen LogP contribution in [0.3, 0.4) is 0 Å². The fourth-order valence-corrected chi connectivity index (χ4v) is 3.42. The van der Waals surface area contributed by atoms with E-state index in [0.717, 1.165) is 22.3 Å². The van der Waals surface area contributed by atoms with Gasteiger partial charge in [-0.25, -0.2) is 0 Å². The largest absolute Gasteiger partial charge is 0.468 e. The minimum absolute atomic E-state index is 0.122. The Kier molecular flexibility index (Phi) is 3.80. The lowest BCUT2D eigenvalue weighted by Crippen LogP contribution is -2.40. The number of aryl methyl sites for hydroxylation is 2. The van der Waals surface area contributed by atoms with Gasteiger partial charge in [0.1, 0.15) is 5.41 Å². The van der Waals surface area contributed by atoms with Crippen LogP contribution in [0, 0.1) is 19.3 Å². The van der Waals surface area contributed by atoms with E-state index in [0.29, 0.717) is 18.4 Å². The number of benzene rings is 2. The van der Waals surface area contributed by atoms with Crippen LogP contribution in [0.1, 0.15) is 32.6 Å². The summed E-state index contributed by atoms with van der Waals surface area (Å²) in [6.45, 7) is 3.99. The summed E-state index contributed by atoms with van der Waals surface area (Å²) < 4.78 is 5.02. The average Bonchev–Trinajstić information content (AvgIpc) is 2.84. The monoisotopic (exact) mass is 308 g/mol. The number of carbonyl (C=O) groups is 2. The summed E-state index contributed by atoms with van der Waals surface area (Å²) in [6, 6.07) is 13.6. The molecule has 0 spiro atoms. The zero-order valence-electron chi connectivity index (χ0n) is 13.7. The summed E-state index contributed by atoms with van der Waals surface area (Å²) in [4.78, 5) is 25.6. The van der Waals surface area contributed by atoms with Crippen molar-refractivity contribution in [1.82, 2.24) is 0 Å². The second-order valence-electron chi connectivity index (χ2n) is 6.34. The van der Waals surface area contributed by atoms with Crippen LogP contribution in [-0.4, -0.2) is 18.9 Å². The van der Waals surface area contributed by atoms with Crippen LogP contribution in [0.4, 0.5) is 0 Å². The molecule has 1 aliphatic rings. The van der Waals surface area contributed by atoms with E-state index in [2.05, 4.69) is 0 Å². The van der Waals surface area contributed by atoms with Gasteiger partial charge >= 0.3 is 5.97 Å². The van der Waals surface area contributed by atoms with Gasteiger partial charge in [-0.05, 0) is 43.4 Å². The Morgan fingerprint density at radius 1 is 1.13 bits per heavy atom. The zero-order chi connectivity index (χ0) is 16.6. The van der Waals surface area contributed by atoms with Gasteiger partial charge in [-0.15, -0.1) is 0 Å². The van der Waals surface area contributed by atoms with Gasteiger partial charge in [0.05, 0.1) is 7.11 Å². The number of esters is 1. The molecule has 0 aliphatic heterocycles. The lowest BCUT2D eigenvalue weighted by atomic mass is 9.77. The maximum Gasteiger partial charge on any atom is 0.320 e. The molecule has 0 aromatic heterocycles. The summed E-state index contributed by atoms with van der Waals surface area (Å²) in [6.07, 6.45) is 0.779. The first kappa shape index (κ1) is 15.5. The molecule has 1 atom stereocenters. The fraction of sp³-hybridized carbons (Fsp3) is 0.300. The van der Waals surface area contributed by atoms with Gasteiger partial charge < -0.3 is 4.74 Å². The van der Waals surface area contributed by atoms with E-state index in [1.165, 1.54) is 7.11 Å². The van der Waals surface area contributed by atoms with Gasteiger partial charge in [-0.1, -0.05) is 48.0 Å². The smallest absolute Gasteiger partial charge is 0.320 e. The predicted molar refractivity (Wildman–Crippen MR) is 88.5 cm³/mol. The van der Waals surface area contributed by atoms with Crippen LogP contribution in [0.2, 0.25) is 0 Å². The Balaban J connectivity index is 2.06. The highest BCUT2D eigenvalue weighted by molar-refractivity contribution is 6.16. The molecule has 0 radical (unpaired) electrons. The highest BCUT2D eigenvalue weighted by Gasteiger charge is 2.52. The van der Waals surface area contributed by atoms with Crippen molar-refractivity contribution in [3.8, 4) is 0 Å². The number of rotatable bonds is 3. The van der Waals surface area contributed by atoms with Gasteiger partial charge in [0.15, 0.2) is 5.78 Å². The highest BCUT2D eigenvalue weighted by atomic mass is 16.5. The summed E-state index contributed by atoms with van der Waals surface area (Å²) >= 11 is 0. The van der Waals surface area contributed by atoms with Gasteiger partial charge in [0.25, 0.3) is 0 Å². The van der Waals surface area contributed by atoms with Gasteiger partial charge in [0.2, 0.25) is 0 Å². The van der Waals surface area contributed by atoms with Crippen molar-refractivity contribution < 1.29 is 14.3 Å². The molecule has 118 valence electrons. The Morgan fingerprint density at radius 3 is 2.43 bits per heavy atom. The molecule has 0 bridgehead atoms. The quantitative estimate of drug-likeness (QED) is 0.644. The average molecular weight is 308 g/mol. The molecule has 0 unspecified atom stereocenters. The molecule has 2 aromatic carbocycles. The zero-order valence-corrected chi connectivity index (χ0v) is 13.7. The number of hydrogen-bond donors (Lipinski definition) is 0. The van der Waals surface area contributed by atoms with E-state index in [9.17, 15) is 9.59 Å².